The van der Waals surface area contributed by atoms with Crippen molar-refractivity contribution in [3.63, 3.8) is 0 Å². The van der Waals surface area contributed by atoms with Crippen molar-refractivity contribution in [2.45, 2.75) is 6.54 Å². The minimum atomic E-state index is -0.503. The first kappa shape index (κ1) is 18.9. The summed E-state index contributed by atoms with van der Waals surface area (Å²) < 4.78 is 0. The van der Waals surface area contributed by atoms with Crippen molar-refractivity contribution in [2.24, 2.45) is 0 Å². The van der Waals surface area contributed by atoms with E-state index in [0.29, 0.717) is 22.3 Å². The van der Waals surface area contributed by atoms with Gasteiger partial charge in [0.2, 0.25) is 11.6 Å². The lowest BCUT2D eigenvalue weighted by Gasteiger charge is -2.19. The Morgan fingerprint density at radius 2 is 1.85 bits per heavy atom. The summed E-state index contributed by atoms with van der Waals surface area (Å²) in [5.41, 5.74) is 1.32. The van der Waals surface area contributed by atoms with Crippen LogP contribution >= 0.6 is 23.2 Å². The Bertz CT molecular complexity index is 969. The Labute approximate surface area is 165 Å². The molecular weight excluding hydrogens is 389 g/mol. The molecule has 3 aromatic rings. The molecule has 0 fully saturated rings. The van der Waals surface area contributed by atoms with E-state index >= 15 is 0 Å². The molecule has 0 radical (unpaired) electrons. The first-order valence-corrected chi connectivity index (χ1v) is 8.68. The molecule has 0 amide bonds. The molecule has 0 aliphatic heterocycles. The molecular formula is C18H15Cl2N5O2. The Morgan fingerprint density at radius 1 is 1.11 bits per heavy atom. The average molecular weight is 404 g/mol. The third-order valence-corrected chi connectivity index (χ3v) is 4.53. The third-order valence-electron chi connectivity index (χ3n) is 3.79. The first-order chi connectivity index (χ1) is 13.0. The predicted molar refractivity (Wildman–Crippen MR) is 107 cm³/mol. The van der Waals surface area contributed by atoms with E-state index in [-0.39, 0.29) is 17.3 Å². The molecule has 0 unspecified atom stereocenters. The summed E-state index contributed by atoms with van der Waals surface area (Å²) in [5, 5.41) is 15.4. The highest BCUT2D eigenvalue weighted by molar-refractivity contribution is 6.42. The number of nitrogens with one attached hydrogen (secondary N) is 1. The highest BCUT2D eigenvalue weighted by Gasteiger charge is 2.26. The number of nitrogens with zero attached hydrogens (tertiary/aromatic N) is 4. The number of halogens is 2. The van der Waals surface area contributed by atoms with Crippen LogP contribution in [0.3, 0.4) is 0 Å². The topological polar surface area (TPSA) is 84.2 Å². The standard InChI is InChI=1S/C18H15Cl2N5O2/c1-24(10-12-5-3-2-4-6-12)18-16(25(26)27)17(21-11-22-18)23-13-7-8-14(19)15(20)9-13/h2-9,11H,10H2,1H3,(H,21,22,23). The molecule has 0 bridgehead atoms. The van der Waals surface area contributed by atoms with Crippen molar-refractivity contribution in [3.05, 3.63) is 80.6 Å². The van der Waals surface area contributed by atoms with Gasteiger partial charge in [-0.3, -0.25) is 10.1 Å². The summed E-state index contributed by atoms with van der Waals surface area (Å²) in [5.74, 6) is 0.282. The fraction of sp³-hybridized carbons (Fsp3) is 0.111. The van der Waals surface area contributed by atoms with Gasteiger partial charge in [0.25, 0.3) is 0 Å². The zero-order chi connectivity index (χ0) is 19.4. The lowest BCUT2D eigenvalue weighted by Crippen LogP contribution is -2.20. The SMILES string of the molecule is CN(Cc1ccccc1)c1ncnc(Nc2ccc(Cl)c(Cl)c2)c1[N+](=O)[O-]. The van der Waals surface area contributed by atoms with E-state index < -0.39 is 4.92 Å². The molecule has 0 atom stereocenters. The van der Waals surface area contributed by atoms with Gasteiger partial charge < -0.3 is 10.2 Å². The van der Waals surface area contributed by atoms with Crippen molar-refractivity contribution in [2.75, 3.05) is 17.3 Å². The number of hydrogen-bond acceptors (Lipinski definition) is 6. The molecule has 1 heterocycles. The molecule has 7 nitrogen and oxygen atoms in total. The van der Waals surface area contributed by atoms with E-state index in [0.717, 1.165) is 5.56 Å². The van der Waals surface area contributed by atoms with Crippen molar-refractivity contribution in [1.29, 1.82) is 0 Å². The third kappa shape index (κ3) is 4.45. The van der Waals surface area contributed by atoms with Crippen LogP contribution in [0.2, 0.25) is 10.0 Å². The second-order valence-corrected chi connectivity index (χ2v) is 6.56. The van der Waals surface area contributed by atoms with Gasteiger partial charge in [0.15, 0.2) is 0 Å². The minimum absolute atomic E-state index is 0.0725. The van der Waals surface area contributed by atoms with Gasteiger partial charge in [0, 0.05) is 19.3 Å². The maximum absolute atomic E-state index is 11.7. The van der Waals surface area contributed by atoms with Crippen LogP contribution < -0.4 is 10.2 Å². The molecule has 0 aliphatic rings. The second kappa shape index (κ2) is 8.20. The fourth-order valence-electron chi connectivity index (χ4n) is 2.55. The van der Waals surface area contributed by atoms with Crippen LogP contribution in [0.1, 0.15) is 5.56 Å². The summed E-state index contributed by atoms with van der Waals surface area (Å²) >= 11 is 11.9. The van der Waals surface area contributed by atoms with E-state index in [1.165, 1.54) is 6.33 Å². The summed E-state index contributed by atoms with van der Waals surface area (Å²) in [7, 11) is 1.74. The van der Waals surface area contributed by atoms with Gasteiger partial charge >= 0.3 is 5.69 Å². The molecule has 1 N–H and O–H groups in total. The summed E-state index contributed by atoms with van der Waals surface area (Å²) in [6.45, 7) is 0.463. The molecule has 3 rings (SSSR count). The van der Waals surface area contributed by atoms with Gasteiger partial charge in [-0.1, -0.05) is 53.5 Å². The highest BCUT2D eigenvalue weighted by atomic mass is 35.5. The summed E-state index contributed by atoms with van der Waals surface area (Å²) in [4.78, 5) is 21.1. The first-order valence-electron chi connectivity index (χ1n) is 7.92. The molecule has 27 heavy (non-hydrogen) atoms. The van der Waals surface area contributed by atoms with Crippen molar-refractivity contribution >= 4 is 46.2 Å². The number of anilines is 3. The Morgan fingerprint density at radius 3 is 2.52 bits per heavy atom. The van der Waals surface area contributed by atoms with Gasteiger partial charge in [-0.25, -0.2) is 9.97 Å². The number of nitro groups is 1. The van der Waals surface area contributed by atoms with E-state index in [2.05, 4.69) is 15.3 Å². The maximum Gasteiger partial charge on any atom is 0.353 e. The van der Waals surface area contributed by atoms with E-state index in [9.17, 15) is 10.1 Å². The zero-order valence-electron chi connectivity index (χ0n) is 14.3. The molecule has 2 aromatic carbocycles. The fourth-order valence-corrected chi connectivity index (χ4v) is 2.85. The minimum Gasteiger partial charge on any atom is -0.349 e. The van der Waals surface area contributed by atoms with E-state index in [4.69, 9.17) is 23.2 Å². The van der Waals surface area contributed by atoms with Crippen LogP contribution in [0.25, 0.3) is 0 Å². The van der Waals surface area contributed by atoms with Crippen LogP contribution in [-0.2, 0) is 6.54 Å². The highest BCUT2D eigenvalue weighted by Crippen LogP contribution is 2.34. The van der Waals surface area contributed by atoms with Crippen molar-refractivity contribution in [3.8, 4) is 0 Å². The number of aromatic nitrogens is 2. The van der Waals surface area contributed by atoms with Crippen LogP contribution in [0.5, 0.6) is 0 Å². The number of rotatable bonds is 6. The van der Waals surface area contributed by atoms with Crippen LogP contribution in [0.4, 0.5) is 23.0 Å². The summed E-state index contributed by atoms with van der Waals surface area (Å²) in [6.07, 6.45) is 1.28. The number of benzene rings is 2. The monoisotopic (exact) mass is 403 g/mol. The molecule has 0 spiro atoms. The predicted octanol–water partition coefficient (Wildman–Crippen LogP) is 5.07. The van der Waals surface area contributed by atoms with Gasteiger partial charge in [-0.2, -0.15) is 0 Å². The lowest BCUT2D eigenvalue weighted by molar-refractivity contribution is -0.383. The van der Waals surface area contributed by atoms with Gasteiger partial charge in [-0.05, 0) is 23.8 Å². The molecule has 0 aliphatic carbocycles. The van der Waals surface area contributed by atoms with Crippen LogP contribution in [0, 0.1) is 10.1 Å². The molecule has 0 saturated carbocycles. The Kier molecular flexibility index (Phi) is 5.73. The second-order valence-electron chi connectivity index (χ2n) is 5.75. The van der Waals surface area contributed by atoms with Crippen molar-refractivity contribution < 1.29 is 4.92 Å². The van der Waals surface area contributed by atoms with E-state index in [1.807, 2.05) is 30.3 Å². The van der Waals surface area contributed by atoms with Crippen molar-refractivity contribution in [1.82, 2.24) is 9.97 Å². The molecule has 1 aromatic heterocycles. The Balaban J connectivity index is 1.94. The molecule has 0 saturated heterocycles. The van der Waals surface area contributed by atoms with Crippen LogP contribution in [-0.4, -0.2) is 21.9 Å². The smallest absolute Gasteiger partial charge is 0.349 e. The molecule has 138 valence electrons. The van der Waals surface area contributed by atoms with Gasteiger partial charge in [-0.15, -0.1) is 0 Å². The van der Waals surface area contributed by atoms with Crippen LogP contribution in [0.15, 0.2) is 54.9 Å². The summed E-state index contributed by atoms with van der Waals surface area (Å²) in [6, 6.07) is 14.5. The lowest BCUT2D eigenvalue weighted by atomic mass is 10.2. The maximum atomic E-state index is 11.7. The van der Waals surface area contributed by atoms with E-state index in [1.54, 1.807) is 30.1 Å². The average Bonchev–Trinajstić information content (AvgIpc) is 2.65. The van der Waals surface area contributed by atoms with Gasteiger partial charge in [0.1, 0.15) is 6.33 Å². The zero-order valence-corrected chi connectivity index (χ0v) is 15.8. The largest absolute Gasteiger partial charge is 0.353 e. The number of hydrogen-bond donors (Lipinski definition) is 1. The quantitative estimate of drug-likeness (QED) is 0.456. The Hall–Kier alpha value is -2.90. The molecule has 9 heteroatoms. The normalized spacial score (nSPS) is 10.5. The van der Waals surface area contributed by atoms with Gasteiger partial charge in [0.05, 0.1) is 15.0 Å².